The summed E-state index contributed by atoms with van der Waals surface area (Å²) in [4.78, 5) is 13.1. The van der Waals surface area contributed by atoms with E-state index in [1.54, 1.807) is 12.1 Å². The van der Waals surface area contributed by atoms with Crippen molar-refractivity contribution in [2.75, 3.05) is 13.2 Å². The van der Waals surface area contributed by atoms with E-state index in [9.17, 15) is 22.9 Å². The summed E-state index contributed by atoms with van der Waals surface area (Å²) in [5, 5.41) is 9.19. The third kappa shape index (κ3) is 7.53. The number of hydrogen-bond acceptors (Lipinski definition) is 5. The Morgan fingerprint density at radius 1 is 0.914 bits per heavy atom. The van der Waals surface area contributed by atoms with Gasteiger partial charge in [-0.05, 0) is 65.0 Å². The molecule has 2 unspecified atom stereocenters. The van der Waals surface area contributed by atoms with Crippen molar-refractivity contribution in [3.05, 3.63) is 29.8 Å². The molecule has 1 aromatic rings. The Morgan fingerprint density at radius 2 is 1.40 bits per heavy atom. The summed E-state index contributed by atoms with van der Waals surface area (Å²) in [7, 11) is -4.27. The minimum absolute atomic E-state index is 0.00682. The van der Waals surface area contributed by atoms with Crippen LogP contribution in [0.3, 0.4) is 0 Å². The quantitative estimate of drug-likeness (QED) is 0.275. The maximum atomic E-state index is 13.3. The summed E-state index contributed by atoms with van der Waals surface area (Å²) >= 11 is 0. The van der Waals surface area contributed by atoms with Gasteiger partial charge in [-0.2, -0.15) is 8.42 Å². The fourth-order valence-corrected chi connectivity index (χ4v) is 5.28. The Labute approximate surface area is 213 Å². The third-order valence-corrected chi connectivity index (χ3v) is 9.11. The van der Waals surface area contributed by atoms with Crippen LogP contribution in [0, 0.1) is 27.1 Å². The molecule has 0 aliphatic rings. The number of carbonyl (C=O) groups is 1. The molecule has 0 bridgehead atoms. The van der Waals surface area contributed by atoms with E-state index in [1.807, 2.05) is 27.7 Å². The standard InChI is InChI=1S/C28H48O6S/c1-24(2,3)18-22(20-12-14-21(15-13-20)35(31,32)33)27(9,10)26(7,8)19-28(11,25(4,5)6)23(30)34-17-16-29/h12-15,22,29H,16-19H2,1-11H3,(H,31,32,33). The van der Waals surface area contributed by atoms with E-state index in [-0.39, 0.29) is 51.7 Å². The molecule has 2 atom stereocenters. The van der Waals surface area contributed by atoms with Crippen LogP contribution in [0.15, 0.2) is 29.2 Å². The zero-order chi connectivity index (χ0) is 27.7. The van der Waals surface area contributed by atoms with Gasteiger partial charge in [0.25, 0.3) is 10.1 Å². The molecule has 0 spiro atoms. The van der Waals surface area contributed by atoms with Crippen molar-refractivity contribution in [1.29, 1.82) is 0 Å². The van der Waals surface area contributed by atoms with E-state index in [4.69, 9.17) is 4.74 Å². The predicted octanol–water partition coefficient (Wildman–Crippen LogP) is 6.48. The molecule has 0 aromatic heterocycles. The van der Waals surface area contributed by atoms with Crippen LogP contribution in [-0.4, -0.2) is 37.3 Å². The van der Waals surface area contributed by atoms with Crippen molar-refractivity contribution in [1.82, 2.24) is 0 Å². The normalized spacial score (nSPS) is 16.5. The van der Waals surface area contributed by atoms with Gasteiger partial charge in [-0.1, -0.05) is 81.4 Å². The van der Waals surface area contributed by atoms with E-state index < -0.39 is 15.5 Å². The van der Waals surface area contributed by atoms with Gasteiger partial charge in [-0.3, -0.25) is 9.35 Å². The average molecular weight is 513 g/mol. The van der Waals surface area contributed by atoms with Gasteiger partial charge in [-0.15, -0.1) is 0 Å². The summed E-state index contributed by atoms with van der Waals surface area (Å²) < 4.78 is 38.0. The van der Waals surface area contributed by atoms with Crippen molar-refractivity contribution in [2.24, 2.45) is 27.1 Å². The highest BCUT2D eigenvalue weighted by Gasteiger charge is 2.54. The van der Waals surface area contributed by atoms with Crippen molar-refractivity contribution in [3.63, 3.8) is 0 Å². The molecule has 0 saturated carbocycles. The molecule has 0 radical (unpaired) electrons. The van der Waals surface area contributed by atoms with Gasteiger partial charge in [0.2, 0.25) is 0 Å². The van der Waals surface area contributed by atoms with Gasteiger partial charge in [0, 0.05) is 0 Å². The average Bonchev–Trinajstić information content (AvgIpc) is 2.67. The largest absolute Gasteiger partial charge is 0.463 e. The molecule has 2 N–H and O–H groups in total. The predicted molar refractivity (Wildman–Crippen MR) is 141 cm³/mol. The lowest BCUT2D eigenvalue weighted by Gasteiger charge is -2.53. The molecule has 0 amide bonds. The molecule has 1 aromatic carbocycles. The monoisotopic (exact) mass is 512 g/mol. The van der Waals surface area contributed by atoms with E-state index in [0.717, 1.165) is 12.0 Å². The molecule has 6 nitrogen and oxygen atoms in total. The molecule has 7 heteroatoms. The first-order valence-corrected chi connectivity index (χ1v) is 13.8. The van der Waals surface area contributed by atoms with Gasteiger partial charge in [-0.25, -0.2) is 0 Å². The van der Waals surface area contributed by atoms with Crippen molar-refractivity contribution < 1.29 is 27.6 Å². The molecule has 0 aliphatic carbocycles. The Hall–Kier alpha value is -1.44. The highest BCUT2D eigenvalue weighted by Crippen LogP contribution is 2.59. The molecule has 0 saturated heterocycles. The molecule has 0 heterocycles. The number of ether oxygens (including phenoxy) is 1. The second-order valence-electron chi connectivity index (χ2n) is 13.6. The highest BCUT2D eigenvalue weighted by atomic mass is 32.2. The number of benzene rings is 1. The van der Waals surface area contributed by atoms with Crippen LogP contribution in [0.4, 0.5) is 0 Å². The van der Waals surface area contributed by atoms with Crippen molar-refractivity contribution in [3.8, 4) is 0 Å². The zero-order valence-corrected chi connectivity index (χ0v) is 24.5. The van der Waals surface area contributed by atoms with Gasteiger partial charge in [0.1, 0.15) is 6.61 Å². The Balaban J connectivity index is 3.58. The SMILES string of the molecule is CC(C)(C)CC(c1ccc(S(=O)(=O)O)cc1)C(C)(C)C(C)(C)CC(C)(C(=O)OCCO)C(C)(C)C. The van der Waals surface area contributed by atoms with Crippen LogP contribution in [0.1, 0.15) is 100 Å². The summed E-state index contributed by atoms with van der Waals surface area (Å²) in [5.74, 6) is -0.265. The fraction of sp³-hybridized carbons (Fsp3) is 0.750. The lowest BCUT2D eigenvalue weighted by atomic mass is 9.50. The van der Waals surface area contributed by atoms with Gasteiger partial charge >= 0.3 is 5.97 Å². The first-order chi connectivity index (χ1) is 15.5. The summed E-state index contributed by atoms with van der Waals surface area (Å²) in [6, 6.07) is 6.48. The Bertz CT molecular complexity index is 962. The van der Waals surface area contributed by atoms with Crippen LogP contribution in [0.5, 0.6) is 0 Å². The van der Waals surface area contributed by atoms with Gasteiger partial charge in [0.15, 0.2) is 0 Å². The number of aliphatic hydroxyl groups is 1. The number of carbonyl (C=O) groups excluding carboxylic acids is 1. The van der Waals surface area contributed by atoms with E-state index >= 15 is 0 Å². The van der Waals surface area contributed by atoms with E-state index in [0.29, 0.717) is 6.42 Å². The van der Waals surface area contributed by atoms with Crippen molar-refractivity contribution >= 4 is 16.1 Å². The first kappa shape index (κ1) is 31.6. The lowest BCUT2D eigenvalue weighted by molar-refractivity contribution is -0.168. The van der Waals surface area contributed by atoms with Crippen LogP contribution in [0.2, 0.25) is 0 Å². The molecule has 1 rings (SSSR count). The van der Waals surface area contributed by atoms with Crippen LogP contribution >= 0.6 is 0 Å². The number of hydrogen-bond donors (Lipinski definition) is 2. The van der Waals surface area contributed by atoms with Gasteiger partial charge < -0.3 is 9.84 Å². The summed E-state index contributed by atoms with van der Waals surface area (Å²) in [5.41, 5.74) is -0.860. The third-order valence-electron chi connectivity index (χ3n) is 8.24. The number of rotatable bonds is 10. The number of esters is 1. The minimum Gasteiger partial charge on any atom is -0.463 e. The highest BCUT2D eigenvalue weighted by molar-refractivity contribution is 7.85. The Kier molecular flexibility index (Phi) is 9.48. The van der Waals surface area contributed by atoms with E-state index in [2.05, 4.69) is 48.5 Å². The number of aliphatic hydroxyl groups excluding tert-OH is 1. The molecular formula is C28H48O6S. The topological polar surface area (TPSA) is 101 Å². The van der Waals surface area contributed by atoms with Crippen LogP contribution in [0.25, 0.3) is 0 Å². The fourth-order valence-electron chi connectivity index (χ4n) is 4.80. The maximum absolute atomic E-state index is 13.3. The molecule has 202 valence electrons. The summed E-state index contributed by atoms with van der Waals surface area (Å²) in [6.07, 6.45) is 1.40. The summed E-state index contributed by atoms with van der Waals surface area (Å²) in [6.45, 7) is 23.1. The lowest BCUT2D eigenvalue weighted by Crippen LogP contribution is -2.49. The van der Waals surface area contributed by atoms with Gasteiger partial charge in [0.05, 0.1) is 16.9 Å². The molecule has 0 aliphatic heterocycles. The maximum Gasteiger partial charge on any atom is 0.312 e. The molecular weight excluding hydrogens is 464 g/mol. The van der Waals surface area contributed by atoms with Crippen molar-refractivity contribution in [2.45, 2.75) is 99.8 Å². The second-order valence-corrected chi connectivity index (χ2v) is 15.0. The van der Waals surface area contributed by atoms with Crippen LogP contribution < -0.4 is 0 Å². The first-order valence-electron chi connectivity index (χ1n) is 12.4. The zero-order valence-electron chi connectivity index (χ0n) is 23.7. The minimum atomic E-state index is -4.27. The smallest absolute Gasteiger partial charge is 0.312 e. The second kappa shape index (κ2) is 10.5. The molecule has 0 fully saturated rings. The molecule has 35 heavy (non-hydrogen) atoms. The van der Waals surface area contributed by atoms with E-state index in [1.165, 1.54) is 12.1 Å². The Morgan fingerprint density at radius 3 is 1.77 bits per heavy atom. The van der Waals surface area contributed by atoms with Crippen LogP contribution in [-0.2, 0) is 19.6 Å².